The zero-order valence-electron chi connectivity index (χ0n) is 20.7. The Hall–Kier alpha value is -4.21. The van der Waals surface area contributed by atoms with E-state index in [4.69, 9.17) is 4.74 Å². The van der Waals surface area contributed by atoms with E-state index in [0.29, 0.717) is 5.56 Å². The van der Waals surface area contributed by atoms with Gasteiger partial charge in [0.15, 0.2) is 5.78 Å². The fourth-order valence-electron chi connectivity index (χ4n) is 3.49. The van der Waals surface area contributed by atoms with E-state index in [1.165, 1.54) is 6.92 Å². The largest absolute Gasteiger partial charge is 0.444 e. The third-order valence-corrected chi connectivity index (χ3v) is 5.10. The van der Waals surface area contributed by atoms with Crippen molar-refractivity contribution >= 4 is 29.2 Å². The Morgan fingerprint density at radius 2 is 1.54 bits per heavy atom. The molecule has 0 aliphatic rings. The maximum absolute atomic E-state index is 13.5. The third kappa shape index (κ3) is 7.63. The van der Waals surface area contributed by atoms with Gasteiger partial charge in [-0.05, 0) is 74.7 Å². The van der Waals surface area contributed by atoms with E-state index in [1.807, 2.05) is 6.07 Å². The third-order valence-electron chi connectivity index (χ3n) is 5.10. The summed E-state index contributed by atoms with van der Waals surface area (Å²) in [6, 6.07) is 12.1. The predicted molar refractivity (Wildman–Crippen MR) is 133 cm³/mol. The van der Waals surface area contributed by atoms with Crippen molar-refractivity contribution in [2.45, 2.75) is 45.9 Å². The first-order chi connectivity index (χ1) is 17.2. The van der Waals surface area contributed by atoms with Gasteiger partial charge in [0.1, 0.15) is 5.60 Å². The van der Waals surface area contributed by atoms with Crippen molar-refractivity contribution in [3.63, 3.8) is 0 Å². The molecule has 0 spiro atoms. The highest BCUT2D eigenvalue weighted by molar-refractivity contribution is 6.12. The number of pyridine rings is 1. The lowest BCUT2D eigenvalue weighted by atomic mass is 10.0. The molecule has 1 heterocycles. The molecule has 2 amide bonds. The Morgan fingerprint density at radius 1 is 0.892 bits per heavy atom. The van der Waals surface area contributed by atoms with Crippen LogP contribution in [0.1, 0.15) is 48.7 Å². The second-order valence-corrected chi connectivity index (χ2v) is 9.30. The van der Waals surface area contributed by atoms with Crippen molar-refractivity contribution in [3.05, 3.63) is 77.6 Å². The van der Waals surface area contributed by atoms with Gasteiger partial charge in [0.05, 0.1) is 23.4 Å². The number of aromatic nitrogens is 1. The van der Waals surface area contributed by atoms with E-state index >= 15 is 0 Å². The van der Waals surface area contributed by atoms with Crippen LogP contribution in [0.3, 0.4) is 0 Å². The Kier molecular flexibility index (Phi) is 8.00. The number of Topliss-reactive ketones (excluding diaryl/α,β-unsaturated/α-hetero) is 1. The molecule has 0 saturated heterocycles. The number of benzene rings is 2. The highest BCUT2D eigenvalue weighted by Crippen LogP contribution is 2.37. The highest BCUT2D eigenvalue weighted by Gasteiger charge is 2.34. The number of carbonyl (C=O) groups excluding carboxylic acids is 3. The number of amides is 2. The van der Waals surface area contributed by atoms with Crippen molar-refractivity contribution < 1.29 is 32.3 Å². The first-order valence-corrected chi connectivity index (χ1v) is 11.3. The fourth-order valence-corrected chi connectivity index (χ4v) is 3.49. The van der Waals surface area contributed by atoms with E-state index < -0.39 is 41.5 Å². The smallest absolute Gasteiger partial charge is 0.416 e. The van der Waals surface area contributed by atoms with Gasteiger partial charge in [-0.15, -0.1) is 0 Å². The van der Waals surface area contributed by atoms with E-state index in [0.717, 1.165) is 23.3 Å². The number of nitrogens with one attached hydrogen (secondary N) is 2. The summed E-state index contributed by atoms with van der Waals surface area (Å²) in [5.74, 6) is -1.25. The van der Waals surface area contributed by atoms with Gasteiger partial charge in [0.2, 0.25) is 5.91 Å². The number of anilines is 2. The summed E-state index contributed by atoms with van der Waals surface area (Å²) in [6.07, 6.45) is -3.01. The molecule has 0 saturated carbocycles. The molecule has 0 aliphatic heterocycles. The number of rotatable bonds is 6. The second kappa shape index (κ2) is 10.8. The average Bonchev–Trinajstić information content (AvgIpc) is 2.79. The molecule has 194 valence electrons. The van der Waals surface area contributed by atoms with Crippen molar-refractivity contribution in [3.8, 4) is 11.1 Å². The molecule has 0 fully saturated rings. The van der Waals surface area contributed by atoms with Gasteiger partial charge < -0.3 is 10.1 Å². The zero-order chi connectivity index (χ0) is 27.4. The molecule has 3 rings (SSSR count). The summed E-state index contributed by atoms with van der Waals surface area (Å²) in [5, 5.41) is 4.70. The van der Waals surface area contributed by atoms with Crippen molar-refractivity contribution in [1.29, 1.82) is 0 Å². The van der Waals surface area contributed by atoms with Crippen LogP contribution in [-0.2, 0) is 15.7 Å². The number of ketones is 1. The van der Waals surface area contributed by atoms with Crippen LogP contribution in [0.5, 0.6) is 0 Å². The van der Waals surface area contributed by atoms with Crippen molar-refractivity contribution in [2.75, 3.05) is 10.6 Å². The molecule has 3 aromatic rings. The number of alkyl halides is 3. The summed E-state index contributed by atoms with van der Waals surface area (Å²) in [4.78, 5) is 41.7. The zero-order valence-corrected chi connectivity index (χ0v) is 20.7. The van der Waals surface area contributed by atoms with E-state index in [9.17, 15) is 27.6 Å². The molecule has 0 atom stereocenters. The molecular formula is C27H26F3N3O4. The van der Waals surface area contributed by atoms with Crippen LogP contribution in [0.2, 0.25) is 0 Å². The van der Waals surface area contributed by atoms with Crippen LogP contribution in [0, 0.1) is 6.92 Å². The number of nitrogens with zero attached hydrogens (tertiary/aromatic N) is 1. The van der Waals surface area contributed by atoms with Crippen LogP contribution in [0.4, 0.5) is 29.3 Å². The summed E-state index contributed by atoms with van der Waals surface area (Å²) >= 11 is 0. The number of ether oxygens (including phenoxy) is 1. The normalized spacial score (nSPS) is 11.5. The summed E-state index contributed by atoms with van der Waals surface area (Å²) in [6.45, 7) is 6.02. The number of halogens is 3. The predicted octanol–water partition coefficient (Wildman–Crippen LogP) is 6.63. The van der Waals surface area contributed by atoms with Gasteiger partial charge in [-0.1, -0.05) is 18.2 Å². The standard InChI is InChI=1S/C27H26F3N3O4/c1-16-12-21(22(14-20(16)27(28,29)30)33-25(36)37-26(2,3)4)32-24(35)15-23(34)19-7-5-6-18(13-19)17-8-10-31-11-9-17/h5-14H,15H2,1-4H3,(H,32,35)(H,33,36). The number of aryl methyl sites for hydroxylation is 1. The number of carbonyl (C=O) groups is 3. The van der Waals surface area contributed by atoms with Crippen LogP contribution in [-0.4, -0.2) is 28.4 Å². The average molecular weight is 514 g/mol. The monoisotopic (exact) mass is 513 g/mol. The van der Waals surface area contributed by atoms with Crippen LogP contribution >= 0.6 is 0 Å². The Morgan fingerprint density at radius 3 is 2.16 bits per heavy atom. The lowest BCUT2D eigenvalue weighted by molar-refractivity contribution is -0.138. The van der Waals surface area contributed by atoms with E-state index in [1.54, 1.807) is 63.5 Å². The first kappa shape index (κ1) is 27.4. The summed E-state index contributed by atoms with van der Waals surface area (Å²) < 4.78 is 45.5. The first-order valence-electron chi connectivity index (χ1n) is 11.3. The van der Waals surface area contributed by atoms with Crippen molar-refractivity contribution in [1.82, 2.24) is 4.98 Å². The second-order valence-electron chi connectivity index (χ2n) is 9.30. The Balaban J connectivity index is 1.82. The van der Waals surface area contributed by atoms with E-state index in [-0.39, 0.29) is 16.9 Å². The van der Waals surface area contributed by atoms with Gasteiger partial charge in [0.25, 0.3) is 0 Å². The summed E-state index contributed by atoms with van der Waals surface area (Å²) in [5.41, 5.74) is -0.576. The van der Waals surface area contributed by atoms with Gasteiger partial charge in [-0.25, -0.2) is 4.79 Å². The van der Waals surface area contributed by atoms with Crippen LogP contribution in [0.25, 0.3) is 11.1 Å². The molecule has 1 aromatic heterocycles. The van der Waals surface area contributed by atoms with Crippen molar-refractivity contribution in [2.24, 2.45) is 0 Å². The minimum absolute atomic E-state index is 0.0975. The highest BCUT2D eigenvalue weighted by atomic mass is 19.4. The van der Waals surface area contributed by atoms with Gasteiger partial charge in [-0.3, -0.25) is 19.9 Å². The SMILES string of the molecule is Cc1cc(NC(=O)CC(=O)c2cccc(-c3ccncc3)c2)c(NC(=O)OC(C)(C)C)cc1C(F)(F)F. The van der Waals surface area contributed by atoms with Crippen LogP contribution < -0.4 is 10.6 Å². The molecule has 2 N–H and O–H groups in total. The maximum atomic E-state index is 13.5. The van der Waals surface area contributed by atoms with Gasteiger partial charge in [-0.2, -0.15) is 13.2 Å². The van der Waals surface area contributed by atoms with Gasteiger partial charge >= 0.3 is 12.3 Å². The molecule has 0 bridgehead atoms. The van der Waals surface area contributed by atoms with E-state index in [2.05, 4.69) is 15.6 Å². The lowest BCUT2D eigenvalue weighted by Gasteiger charge is -2.22. The van der Waals surface area contributed by atoms with Crippen LogP contribution in [0.15, 0.2) is 60.9 Å². The number of hydrogen-bond donors (Lipinski definition) is 2. The molecular weight excluding hydrogens is 487 g/mol. The molecule has 7 nitrogen and oxygen atoms in total. The number of hydrogen-bond acceptors (Lipinski definition) is 5. The molecule has 0 radical (unpaired) electrons. The quantitative estimate of drug-likeness (QED) is 0.285. The molecule has 0 aliphatic carbocycles. The lowest BCUT2D eigenvalue weighted by Crippen LogP contribution is -2.28. The minimum atomic E-state index is -4.69. The molecule has 0 unspecified atom stereocenters. The Labute approximate surface area is 212 Å². The maximum Gasteiger partial charge on any atom is 0.416 e. The van der Waals surface area contributed by atoms with Gasteiger partial charge in [0, 0.05) is 18.0 Å². The Bertz CT molecular complexity index is 1320. The minimum Gasteiger partial charge on any atom is -0.444 e. The fraction of sp³-hybridized carbons (Fsp3) is 0.259. The molecule has 2 aromatic carbocycles. The molecule has 37 heavy (non-hydrogen) atoms. The summed E-state index contributed by atoms with van der Waals surface area (Å²) in [7, 11) is 0. The molecule has 10 heteroatoms. The topological polar surface area (TPSA) is 97.4 Å².